The van der Waals surface area contributed by atoms with Gasteiger partial charge in [-0.3, -0.25) is 0 Å². The Morgan fingerprint density at radius 2 is 0.950 bits per heavy atom. The van der Waals surface area contributed by atoms with Gasteiger partial charge < -0.3 is 30.6 Å². The van der Waals surface area contributed by atoms with Crippen LogP contribution < -0.4 is 39.3 Å². The SMILES string of the molecule is [Li+].[O-]C(=S)CC(O)C([O-])=S.[O-]C(=S)CC(O)C([O-])=S.[Sb+3]. The molecule has 0 rings (SSSR count). The van der Waals surface area contributed by atoms with Crippen LogP contribution in [-0.2, 0) is 0 Å². The van der Waals surface area contributed by atoms with E-state index < -0.39 is 32.4 Å². The minimum Gasteiger partial charge on any atom is -0.867 e. The first-order valence-corrected chi connectivity index (χ1v) is 5.88. The Balaban J connectivity index is -0.000000116. The van der Waals surface area contributed by atoms with E-state index in [4.69, 9.17) is 10.2 Å². The average molecular weight is 457 g/mol. The zero-order chi connectivity index (χ0) is 14.9. The first-order valence-electron chi connectivity index (χ1n) is 4.25. The molecule has 0 aliphatic carbocycles. The van der Waals surface area contributed by atoms with Crippen LogP contribution in [0, 0.1) is 0 Å². The van der Waals surface area contributed by atoms with E-state index in [1.165, 1.54) is 0 Å². The summed E-state index contributed by atoms with van der Waals surface area (Å²) in [7, 11) is 0. The van der Waals surface area contributed by atoms with Crippen molar-refractivity contribution in [2.45, 2.75) is 25.0 Å². The minimum atomic E-state index is -1.38. The van der Waals surface area contributed by atoms with Crippen LogP contribution in [0.5, 0.6) is 0 Å². The van der Waals surface area contributed by atoms with Crippen molar-refractivity contribution < 1.29 is 49.5 Å². The summed E-state index contributed by atoms with van der Waals surface area (Å²) in [4.78, 5) is 0. The fraction of sp³-hybridized carbons (Fsp3) is 0.500. The standard InChI is InChI=1S/2C4H6O3S2.Li.Sb/c2*5-2(4(7)9)1-3(6)8;;/h2*2,5H,1H2,(H,6,8)(H,7,9);;/q;;+1;+3/p-4. The van der Waals surface area contributed by atoms with Gasteiger partial charge in [0.05, 0.1) is 12.2 Å². The van der Waals surface area contributed by atoms with Crippen molar-refractivity contribution >= 4 is 93.5 Å². The van der Waals surface area contributed by atoms with E-state index in [9.17, 15) is 20.4 Å². The molecule has 12 heteroatoms. The molecule has 6 nitrogen and oxygen atoms in total. The maximum atomic E-state index is 10.0. The largest absolute Gasteiger partial charge is 3.00 e. The van der Waals surface area contributed by atoms with Crippen molar-refractivity contribution in [1.82, 2.24) is 0 Å². The summed E-state index contributed by atoms with van der Waals surface area (Å²) < 4.78 is 0. The van der Waals surface area contributed by atoms with Gasteiger partial charge in [0.25, 0.3) is 0 Å². The number of rotatable bonds is 6. The molecule has 0 fully saturated rings. The third kappa shape index (κ3) is 21.2. The second-order valence-corrected chi connectivity index (χ2v) is 4.54. The van der Waals surface area contributed by atoms with Crippen LogP contribution in [0.3, 0.4) is 0 Å². The minimum absolute atomic E-state index is 0. The van der Waals surface area contributed by atoms with E-state index >= 15 is 0 Å². The van der Waals surface area contributed by atoms with Gasteiger partial charge in [0.15, 0.2) is 0 Å². The van der Waals surface area contributed by atoms with Crippen LogP contribution in [0.2, 0.25) is 0 Å². The van der Waals surface area contributed by atoms with Gasteiger partial charge >= 0.3 is 43.3 Å². The summed E-state index contributed by atoms with van der Waals surface area (Å²) in [6.07, 6.45) is -3.47. The Bertz CT molecular complexity index is 311. The van der Waals surface area contributed by atoms with Gasteiger partial charge in [-0.1, -0.05) is 34.5 Å². The van der Waals surface area contributed by atoms with Crippen molar-refractivity contribution in [3.05, 3.63) is 0 Å². The van der Waals surface area contributed by atoms with Gasteiger partial charge in [0, 0.05) is 0 Å². The average Bonchev–Trinajstić information content (AvgIpc) is 2.16. The number of thiocarbonyl (C=S) groups is 4. The fourth-order valence-electron chi connectivity index (χ4n) is 0.482. The van der Waals surface area contributed by atoms with Crippen molar-refractivity contribution in [3.8, 4) is 0 Å². The van der Waals surface area contributed by atoms with Crippen LogP contribution in [0.1, 0.15) is 12.8 Å². The maximum absolute atomic E-state index is 10.0. The maximum Gasteiger partial charge on any atom is 3.00 e. The predicted molar refractivity (Wildman–Crippen MR) is 77.4 cm³/mol. The zero-order valence-corrected chi connectivity index (χ0v) is 16.0. The van der Waals surface area contributed by atoms with Gasteiger partial charge in [0.2, 0.25) is 0 Å². The summed E-state index contributed by atoms with van der Waals surface area (Å²) in [5, 5.41) is 54.2. The van der Waals surface area contributed by atoms with Crippen molar-refractivity contribution in [3.63, 3.8) is 0 Å². The predicted octanol–water partition coefficient (Wildman–Crippen LogP) is -7.15. The molecule has 0 saturated heterocycles. The number of hydrogen-bond acceptors (Lipinski definition) is 10. The molecule has 2 unspecified atom stereocenters. The normalized spacial score (nSPS) is 11.3. The molecule has 0 bridgehead atoms. The van der Waals surface area contributed by atoms with E-state index in [2.05, 4.69) is 48.9 Å². The molecule has 0 heterocycles. The van der Waals surface area contributed by atoms with Crippen molar-refractivity contribution in [2.75, 3.05) is 0 Å². The first-order chi connectivity index (χ1) is 8.07. The molecule has 0 aromatic heterocycles. The first kappa shape index (κ1) is 29.0. The summed E-state index contributed by atoms with van der Waals surface area (Å²) in [5.41, 5.74) is 0. The number of hydrogen-bond donors (Lipinski definition) is 2. The molecular formula is C8H8LiO6S4Sb. The molecule has 0 aromatic rings. The van der Waals surface area contributed by atoms with Gasteiger partial charge in [-0.2, -0.15) is 0 Å². The van der Waals surface area contributed by atoms with Crippen LogP contribution >= 0.6 is 48.9 Å². The molecule has 0 aliphatic heterocycles. The van der Waals surface area contributed by atoms with Crippen LogP contribution in [0.4, 0.5) is 0 Å². The van der Waals surface area contributed by atoms with E-state index in [1.807, 2.05) is 0 Å². The topological polar surface area (TPSA) is 133 Å². The number of aliphatic hydroxyl groups is 2. The molecule has 0 aliphatic rings. The van der Waals surface area contributed by atoms with E-state index in [0.29, 0.717) is 0 Å². The monoisotopic (exact) mass is 456 g/mol. The van der Waals surface area contributed by atoms with Crippen LogP contribution in [-0.4, -0.2) is 67.1 Å². The molecule has 0 amide bonds. The van der Waals surface area contributed by atoms with Crippen molar-refractivity contribution in [1.29, 1.82) is 0 Å². The molecule has 2 radical (unpaired) electrons. The van der Waals surface area contributed by atoms with Gasteiger partial charge in [-0.15, -0.1) is 24.4 Å². The third-order valence-corrected chi connectivity index (χ3v) is 2.14. The molecular weight excluding hydrogens is 449 g/mol. The Hall–Kier alpha value is 0.896. The van der Waals surface area contributed by atoms with Crippen molar-refractivity contribution in [2.24, 2.45) is 0 Å². The van der Waals surface area contributed by atoms with Gasteiger partial charge in [0.1, 0.15) is 0 Å². The Labute approximate surface area is 166 Å². The van der Waals surface area contributed by atoms with E-state index in [-0.39, 0.29) is 56.1 Å². The second-order valence-electron chi connectivity index (χ2n) is 2.82. The molecule has 106 valence electrons. The quantitative estimate of drug-likeness (QED) is 0.293. The second kappa shape index (κ2) is 16.3. The Morgan fingerprint density at radius 1 is 0.750 bits per heavy atom. The van der Waals surface area contributed by atoms with Gasteiger partial charge in [-0.05, 0) is 22.9 Å². The molecule has 0 spiro atoms. The summed E-state index contributed by atoms with van der Waals surface area (Å²) in [6.45, 7) is 0. The number of aliphatic hydroxyl groups excluding tert-OH is 2. The van der Waals surface area contributed by atoms with Crippen LogP contribution in [0.25, 0.3) is 0 Å². The summed E-state index contributed by atoms with van der Waals surface area (Å²) >= 11 is 16.2. The fourth-order valence-corrected chi connectivity index (χ4v) is 0.965. The zero-order valence-electron chi connectivity index (χ0n) is 10.2. The molecule has 20 heavy (non-hydrogen) atoms. The Morgan fingerprint density at radius 3 is 1.00 bits per heavy atom. The molecule has 0 aromatic carbocycles. The smallest absolute Gasteiger partial charge is 0.867 e. The van der Waals surface area contributed by atoms with E-state index in [0.717, 1.165) is 0 Å². The third-order valence-electron chi connectivity index (χ3n) is 1.26. The molecule has 0 saturated carbocycles. The van der Waals surface area contributed by atoms with Gasteiger partial charge in [-0.25, -0.2) is 0 Å². The summed E-state index contributed by atoms with van der Waals surface area (Å²) in [6, 6.07) is 0. The van der Waals surface area contributed by atoms with Crippen LogP contribution in [0.15, 0.2) is 0 Å². The molecule has 2 atom stereocenters. The summed E-state index contributed by atoms with van der Waals surface area (Å²) in [5.74, 6) is 0. The Kier molecular flexibility index (Phi) is 23.6. The molecule has 2 N–H and O–H groups in total. The van der Waals surface area contributed by atoms with E-state index in [1.54, 1.807) is 0 Å².